The summed E-state index contributed by atoms with van der Waals surface area (Å²) < 4.78 is 16.3. The normalized spacial score (nSPS) is 16.0. The van der Waals surface area contributed by atoms with Crippen molar-refractivity contribution in [3.8, 4) is 0 Å². The summed E-state index contributed by atoms with van der Waals surface area (Å²) in [4.78, 5) is 52.2. The van der Waals surface area contributed by atoms with Gasteiger partial charge in [0.2, 0.25) is 0 Å². The molecule has 0 aromatic heterocycles. The second-order valence-electron chi connectivity index (χ2n) is 11.0. The van der Waals surface area contributed by atoms with Gasteiger partial charge in [-0.15, -0.1) is 0 Å². The Balaban J connectivity index is 1.66. The van der Waals surface area contributed by atoms with Crippen molar-refractivity contribution in [1.82, 2.24) is 21.3 Å². The maximum atomic E-state index is 13.7. The second kappa shape index (κ2) is 18.7. The Hall–Kier alpha value is -3.90. The molecule has 44 heavy (non-hydrogen) atoms. The number of carbonyl (C=O) groups excluding carboxylic acids is 4. The summed E-state index contributed by atoms with van der Waals surface area (Å²) in [5.41, 5.74) is 1.31. The first-order valence-corrected chi connectivity index (χ1v) is 15.3. The topological polar surface area (TPSA) is 163 Å². The van der Waals surface area contributed by atoms with E-state index in [0.29, 0.717) is 19.1 Å². The van der Waals surface area contributed by atoms with E-state index in [-0.39, 0.29) is 25.4 Å². The summed E-state index contributed by atoms with van der Waals surface area (Å²) in [7, 11) is 0.704. The van der Waals surface area contributed by atoms with Gasteiger partial charge in [-0.1, -0.05) is 30.3 Å². The molecule has 2 aromatic carbocycles. The fourth-order valence-corrected chi connectivity index (χ4v) is 5.42. The first-order chi connectivity index (χ1) is 21.3. The zero-order chi connectivity index (χ0) is 31.7. The van der Waals surface area contributed by atoms with E-state index >= 15 is 0 Å². The van der Waals surface area contributed by atoms with Crippen LogP contribution in [-0.2, 0) is 35.2 Å². The Morgan fingerprint density at radius 2 is 1.57 bits per heavy atom. The predicted octanol–water partition coefficient (Wildman–Crippen LogP) is 1.90. The molecule has 0 heterocycles. The van der Waals surface area contributed by atoms with E-state index in [2.05, 4.69) is 21.3 Å². The third-order valence-corrected chi connectivity index (χ3v) is 7.73. The SMILES string of the molecule is CCCC(NC(=O)[C@@H](NC(=O)[C@@H](NCB=O)C1CCCCC1)c1ccccc1)C(O)C(=O)NCC(=O)OCc1ccccc1. The van der Waals surface area contributed by atoms with Crippen LogP contribution in [0.25, 0.3) is 0 Å². The molecule has 0 aliphatic heterocycles. The van der Waals surface area contributed by atoms with Gasteiger partial charge >= 0.3 is 201 Å². The minimum absolute atomic E-state index is 0.0104. The van der Waals surface area contributed by atoms with Gasteiger partial charge in [0.25, 0.3) is 0 Å². The first-order valence-electron chi connectivity index (χ1n) is 15.3. The van der Waals surface area contributed by atoms with Crippen molar-refractivity contribution >= 4 is 30.8 Å². The van der Waals surface area contributed by atoms with E-state index in [1.807, 2.05) is 25.1 Å². The van der Waals surface area contributed by atoms with Gasteiger partial charge in [-0.25, -0.2) is 0 Å². The number of amides is 3. The summed E-state index contributed by atoms with van der Waals surface area (Å²) in [6.45, 7) is 1.44. The maximum absolute atomic E-state index is 13.7. The molecule has 3 amide bonds. The van der Waals surface area contributed by atoms with Gasteiger partial charge in [0.1, 0.15) is 13.2 Å². The Kier molecular flexibility index (Phi) is 14.7. The van der Waals surface area contributed by atoms with E-state index in [4.69, 9.17) is 4.74 Å². The molecule has 0 radical (unpaired) electrons. The number of hydrogen-bond acceptors (Lipinski definition) is 8. The molecule has 4 atom stereocenters. The van der Waals surface area contributed by atoms with Crippen molar-refractivity contribution in [1.29, 1.82) is 0 Å². The average Bonchev–Trinajstić information content (AvgIpc) is 3.06. The average molecular weight is 607 g/mol. The molecule has 1 aliphatic carbocycles. The molecule has 0 spiro atoms. The van der Waals surface area contributed by atoms with Crippen LogP contribution in [0.2, 0.25) is 0 Å². The molecular weight excluding hydrogens is 563 g/mol. The van der Waals surface area contributed by atoms with Gasteiger partial charge in [-0.3, -0.25) is 4.79 Å². The van der Waals surface area contributed by atoms with E-state index in [0.717, 1.165) is 37.7 Å². The fourth-order valence-electron chi connectivity index (χ4n) is 5.42. The Labute approximate surface area is 259 Å². The molecule has 1 saturated carbocycles. The van der Waals surface area contributed by atoms with Crippen LogP contribution in [0.3, 0.4) is 0 Å². The standard InChI is InChI=1S/C32H43BN4O7/c1-2-12-25(29(39)32(42)34-19-26(38)44-20-22-13-6-3-7-14-22)36-31(41)28(24-17-10-5-11-18-24)37-30(40)27(35-21-33-43)23-15-8-4-9-16-23/h3,5-7,10-11,13-14,17-18,23,25,27-29,35,39H,2,4,8-9,12,15-16,19-21H2,1H3,(H,34,42)(H,36,41)(H,37,40)/t25?,27-,28-,29?/m0/s1. The number of carbonyl (C=O) groups is 4. The number of benzene rings is 2. The molecule has 5 N–H and O–H groups in total. The molecule has 0 saturated heterocycles. The van der Waals surface area contributed by atoms with E-state index in [1.54, 1.807) is 42.5 Å². The molecule has 2 aromatic rings. The number of rotatable bonds is 17. The number of aliphatic hydroxyl groups excluding tert-OH is 1. The smallest absolute Gasteiger partial charge is 0.460 e. The molecule has 2 unspecified atom stereocenters. The molecule has 1 aliphatic rings. The Bertz CT molecular complexity index is 1210. The summed E-state index contributed by atoms with van der Waals surface area (Å²) in [6, 6.07) is 15.0. The van der Waals surface area contributed by atoms with Gasteiger partial charge in [0, 0.05) is 0 Å². The minimum atomic E-state index is -1.66. The van der Waals surface area contributed by atoms with Crippen LogP contribution in [0.5, 0.6) is 0 Å². The van der Waals surface area contributed by atoms with Gasteiger partial charge in [0.05, 0.1) is 0 Å². The summed E-state index contributed by atoms with van der Waals surface area (Å²) in [5.74, 6) is -2.48. The zero-order valence-corrected chi connectivity index (χ0v) is 25.2. The van der Waals surface area contributed by atoms with Gasteiger partial charge in [0.15, 0.2) is 0 Å². The third-order valence-electron chi connectivity index (χ3n) is 7.73. The molecule has 3 rings (SSSR count). The van der Waals surface area contributed by atoms with Crippen LogP contribution in [0.4, 0.5) is 0 Å². The van der Waals surface area contributed by atoms with E-state index < -0.39 is 54.5 Å². The first kappa shape index (κ1) is 34.6. The molecule has 0 bridgehead atoms. The number of hydrogen-bond donors (Lipinski definition) is 5. The van der Waals surface area contributed by atoms with Crippen molar-refractivity contribution in [2.24, 2.45) is 5.92 Å². The number of aliphatic hydroxyl groups is 1. The Morgan fingerprint density at radius 1 is 0.909 bits per heavy atom. The van der Waals surface area contributed by atoms with Crippen molar-refractivity contribution in [3.63, 3.8) is 0 Å². The number of esters is 1. The predicted molar refractivity (Wildman–Crippen MR) is 164 cm³/mol. The van der Waals surface area contributed by atoms with Crippen LogP contribution in [-0.4, -0.2) is 67.1 Å². The van der Waals surface area contributed by atoms with Crippen LogP contribution >= 0.6 is 0 Å². The summed E-state index contributed by atoms with van der Waals surface area (Å²) >= 11 is 0. The van der Waals surface area contributed by atoms with E-state index in [9.17, 15) is 29.0 Å². The van der Waals surface area contributed by atoms with Gasteiger partial charge in [-0.05, 0) is 5.56 Å². The monoisotopic (exact) mass is 606 g/mol. The van der Waals surface area contributed by atoms with Crippen molar-refractivity contribution < 1.29 is 33.7 Å². The van der Waals surface area contributed by atoms with Crippen molar-refractivity contribution in [3.05, 3.63) is 71.8 Å². The zero-order valence-electron chi connectivity index (χ0n) is 25.2. The fraction of sp³-hybridized carbons (Fsp3) is 0.500. The second-order valence-corrected chi connectivity index (χ2v) is 11.0. The van der Waals surface area contributed by atoms with Crippen LogP contribution in [0.15, 0.2) is 60.7 Å². The molecule has 1 fully saturated rings. The Morgan fingerprint density at radius 3 is 2.20 bits per heavy atom. The number of nitrogens with one attached hydrogen (secondary N) is 4. The van der Waals surface area contributed by atoms with Crippen LogP contribution < -0.4 is 21.3 Å². The summed E-state index contributed by atoms with van der Waals surface area (Å²) in [5, 5.41) is 21.9. The third kappa shape index (κ3) is 11.0. The molecular formula is C32H43BN4O7. The van der Waals surface area contributed by atoms with Crippen molar-refractivity contribution in [2.45, 2.75) is 82.7 Å². The van der Waals surface area contributed by atoms with E-state index in [1.165, 1.54) is 0 Å². The molecule has 11 nitrogen and oxygen atoms in total. The van der Waals surface area contributed by atoms with Crippen LogP contribution in [0.1, 0.15) is 69.0 Å². The van der Waals surface area contributed by atoms with Crippen LogP contribution in [0, 0.1) is 5.92 Å². The molecule has 12 heteroatoms. The summed E-state index contributed by atoms with van der Waals surface area (Å²) in [6.07, 6.45) is 3.91. The quantitative estimate of drug-likeness (QED) is 0.135. The van der Waals surface area contributed by atoms with Crippen molar-refractivity contribution in [2.75, 3.05) is 13.0 Å². The van der Waals surface area contributed by atoms with Gasteiger partial charge < -0.3 is 4.74 Å². The number of ether oxygens (including phenoxy) is 1. The molecule has 236 valence electrons. The minimum Gasteiger partial charge on any atom is -0.460 e. The van der Waals surface area contributed by atoms with Gasteiger partial charge in [-0.2, -0.15) is 0 Å².